The predicted octanol–water partition coefficient (Wildman–Crippen LogP) is 5.43. The summed E-state index contributed by atoms with van der Waals surface area (Å²) in [5.41, 5.74) is 8.66. The molecule has 0 amide bonds. The van der Waals surface area contributed by atoms with Crippen LogP contribution in [0, 0.1) is 5.92 Å². The molecule has 1 aliphatic carbocycles. The number of nitrogens with zero attached hydrogens (tertiary/aromatic N) is 3. The Morgan fingerprint density at radius 2 is 2.07 bits per heavy atom. The molecule has 2 N–H and O–H groups in total. The van der Waals surface area contributed by atoms with Crippen molar-refractivity contribution in [1.82, 2.24) is 9.88 Å². The second kappa shape index (κ2) is 8.85. The number of thiazole rings is 1. The van der Waals surface area contributed by atoms with Crippen LogP contribution < -0.4 is 10.6 Å². The van der Waals surface area contributed by atoms with Crippen molar-refractivity contribution in [2.75, 3.05) is 36.8 Å². The van der Waals surface area contributed by atoms with Crippen molar-refractivity contribution in [3.63, 3.8) is 0 Å². The molecule has 0 unspecified atom stereocenters. The van der Waals surface area contributed by atoms with E-state index in [9.17, 15) is 0 Å². The van der Waals surface area contributed by atoms with Crippen LogP contribution in [0.5, 0.6) is 0 Å². The fourth-order valence-electron chi connectivity index (χ4n) is 5.34. The molecular formula is C24H32N4S2. The van der Waals surface area contributed by atoms with Gasteiger partial charge in [0.1, 0.15) is 0 Å². The third-order valence-corrected chi connectivity index (χ3v) is 8.71. The zero-order valence-corrected chi connectivity index (χ0v) is 19.5. The van der Waals surface area contributed by atoms with Crippen molar-refractivity contribution in [3.05, 3.63) is 40.2 Å². The third kappa shape index (κ3) is 4.10. The number of nitrogen functional groups attached to an aromatic ring is 1. The Bertz CT molecular complexity index is 986. The maximum atomic E-state index is 5.97. The number of anilines is 2. The summed E-state index contributed by atoms with van der Waals surface area (Å²) in [7, 11) is 0. The molecule has 0 bridgehead atoms. The summed E-state index contributed by atoms with van der Waals surface area (Å²) < 4.78 is 1.41. The summed E-state index contributed by atoms with van der Waals surface area (Å²) in [6.45, 7) is 7.14. The van der Waals surface area contributed by atoms with E-state index in [1.165, 1.54) is 78.2 Å². The maximum Gasteiger partial charge on any atom is 0.180 e. The van der Waals surface area contributed by atoms with Crippen LogP contribution in [0.3, 0.4) is 0 Å². The van der Waals surface area contributed by atoms with Crippen molar-refractivity contribution in [2.45, 2.75) is 51.5 Å². The molecule has 3 heterocycles. The minimum absolute atomic E-state index is 0.662. The smallest absolute Gasteiger partial charge is 0.180 e. The zero-order valence-electron chi connectivity index (χ0n) is 17.8. The standard InChI is InChI=1S/C24H32N4S2/c1-2-11-28(18-6-7-20-23(15-18)30-24(25)26-20)16-17-8-12-27(13-9-17)21-4-3-5-22-19(21)10-14-29-22/h3-5,10,14,17-18H,2,6-9,11-13,15-16H2,1H3,(H2,25,26)/t18-/m1/s1. The van der Waals surface area contributed by atoms with E-state index in [0.29, 0.717) is 6.04 Å². The second-order valence-corrected chi connectivity index (χ2v) is 10.9. The average Bonchev–Trinajstić information content (AvgIpc) is 3.38. The first-order valence-electron chi connectivity index (χ1n) is 11.4. The van der Waals surface area contributed by atoms with Crippen molar-refractivity contribution in [1.29, 1.82) is 0 Å². The van der Waals surface area contributed by atoms with Gasteiger partial charge in [0.2, 0.25) is 0 Å². The molecule has 1 saturated heterocycles. The highest BCUT2D eigenvalue weighted by Crippen LogP contribution is 2.34. The lowest BCUT2D eigenvalue weighted by atomic mass is 9.91. The van der Waals surface area contributed by atoms with Crippen molar-refractivity contribution in [3.8, 4) is 0 Å². The molecule has 160 valence electrons. The number of fused-ring (bicyclic) bond motifs is 2. The van der Waals surface area contributed by atoms with Gasteiger partial charge in [-0.15, -0.1) is 22.7 Å². The third-order valence-electron chi connectivity index (χ3n) is 6.88. The average molecular weight is 441 g/mol. The molecular weight excluding hydrogens is 408 g/mol. The molecule has 3 aromatic rings. The highest BCUT2D eigenvalue weighted by atomic mass is 32.1. The zero-order chi connectivity index (χ0) is 20.5. The maximum absolute atomic E-state index is 5.97. The number of hydrogen-bond donors (Lipinski definition) is 1. The van der Waals surface area contributed by atoms with E-state index < -0.39 is 0 Å². The van der Waals surface area contributed by atoms with Gasteiger partial charge in [-0.05, 0) is 74.6 Å². The number of piperidine rings is 1. The van der Waals surface area contributed by atoms with Gasteiger partial charge in [0, 0.05) is 46.3 Å². The molecule has 1 aromatic carbocycles. The van der Waals surface area contributed by atoms with Gasteiger partial charge >= 0.3 is 0 Å². The number of nitrogens with two attached hydrogens (primary N) is 1. The number of rotatable bonds is 6. The van der Waals surface area contributed by atoms with Crippen LogP contribution in [0.25, 0.3) is 10.1 Å². The van der Waals surface area contributed by atoms with E-state index >= 15 is 0 Å². The van der Waals surface area contributed by atoms with Crippen molar-refractivity contribution in [2.24, 2.45) is 5.92 Å². The molecule has 2 aliphatic rings. The van der Waals surface area contributed by atoms with Gasteiger partial charge in [0.15, 0.2) is 5.13 Å². The van der Waals surface area contributed by atoms with Crippen LogP contribution in [0.15, 0.2) is 29.6 Å². The van der Waals surface area contributed by atoms with E-state index in [1.54, 1.807) is 11.3 Å². The number of aromatic nitrogens is 1. The molecule has 5 rings (SSSR count). The number of benzene rings is 1. The van der Waals surface area contributed by atoms with E-state index in [1.807, 2.05) is 11.3 Å². The summed E-state index contributed by atoms with van der Waals surface area (Å²) in [4.78, 5) is 11.4. The van der Waals surface area contributed by atoms with E-state index in [4.69, 9.17) is 5.73 Å². The van der Waals surface area contributed by atoms with Gasteiger partial charge < -0.3 is 10.6 Å². The molecule has 30 heavy (non-hydrogen) atoms. The minimum atomic E-state index is 0.662. The van der Waals surface area contributed by atoms with Gasteiger partial charge in [-0.25, -0.2) is 4.98 Å². The summed E-state index contributed by atoms with van der Waals surface area (Å²) in [5.74, 6) is 0.808. The van der Waals surface area contributed by atoms with Gasteiger partial charge in [0.25, 0.3) is 0 Å². The molecule has 4 nitrogen and oxygen atoms in total. The normalized spacial score (nSPS) is 20.2. The lowest BCUT2D eigenvalue weighted by Gasteiger charge is -2.39. The van der Waals surface area contributed by atoms with Gasteiger partial charge in [-0.1, -0.05) is 13.0 Å². The quantitative estimate of drug-likeness (QED) is 0.555. The summed E-state index contributed by atoms with van der Waals surface area (Å²) >= 11 is 3.56. The van der Waals surface area contributed by atoms with E-state index in [0.717, 1.165) is 23.9 Å². The summed E-state index contributed by atoms with van der Waals surface area (Å²) in [6, 6.07) is 9.71. The SMILES string of the molecule is CCCN(CC1CCN(c2cccc3sccc23)CC1)[C@@H]1CCc2nc(N)sc2C1. The van der Waals surface area contributed by atoms with Crippen LogP contribution in [-0.2, 0) is 12.8 Å². The van der Waals surface area contributed by atoms with E-state index in [2.05, 4.69) is 51.4 Å². The molecule has 1 aliphatic heterocycles. The van der Waals surface area contributed by atoms with Crippen LogP contribution in [0.2, 0.25) is 0 Å². The Morgan fingerprint density at radius 1 is 1.20 bits per heavy atom. The Morgan fingerprint density at radius 3 is 2.90 bits per heavy atom. The van der Waals surface area contributed by atoms with Crippen molar-refractivity contribution >= 4 is 43.6 Å². The Balaban J connectivity index is 1.22. The summed E-state index contributed by atoms with van der Waals surface area (Å²) in [6.07, 6.45) is 7.29. The van der Waals surface area contributed by atoms with Gasteiger partial charge in [-0.3, -0.25) is 4.90 Å². The second-order valence-electron chi connectivity index (χ2n) is 8.85. The topological polar surface area (TPSA) is 45.4 Å². The largest absolute Gasteiger partial charge is 0.375 e. The van der Waals surface area contributed by atoms with Gasteiger partial charge in [-0.2, -0.15) is 0 Å². The first-order chi connectivity index (χ1) is 14.7. The molecule has 0 saturated carbocycles. The first-order valence-corrected chi connectivity index (χ1v) is 13.1. The highest BCUT2D eigenvalue weighted by Gasteiger charge is 2.29. The Labute approximate surface area is 187 Å². The Hall–Kier alpha value is -1.63. The molecule has 6 heteroatoms. The van der Waals surface area contributed by atoms with Gasteiger partial charge in [0.05, 0.1) is 5.69 Å². The lowest BCUT2D eigenvalue weighted by molar-refractivity contribution is 0.143. The fourth-order valence-corrected chi connectivity index (χ4v) is 7.10. The Kier molecular flexibility index (Phi) is 5.98. The number of thiophene rings is 1. The molecule has 1 fully saturated rings. The molecule has 0 spiro atoms. The van der Waals surface area contributed by atoms with E-state index in [-0.39, 0.29) is 0 Å². The number of hydrogen-bond acceptors (Lipinski definition) is 6. The molecule has 2 aromatic heterocycles. The summed E-state index contributed by atoms with van der Waals surface area (Å²) in [5, 5.41) is 4.39. The van der Waals surface area contributed by atoms with Crippen molar-refractivity contribution < 1.29 is 0 Å². The fraction of sp³-hybridized carbons (Fsp3) is 0.542. The minimum Gasteiger partial charge on any atom is -0.375 e. The predicted molar refractivity (Wildman–Crippen MR) is 131 cm³/mol. The van der Waals surface area contributed by atoms with Crippen LogP contribution >= 0.6 is 22.7 Å². The molecule has 1 atom stereocenters. The van der Waals surface area contributed by atoms with Crippen LogP contribution in [0.4, 0.5) is 10.8 Å². The van der Waals surface area contributed by atoms with Crippen LogP contribution in [0.1, 0.15) is 43.2 Å². The molecule has 0 radical (unpaired) electrons. The first kappa shape index (κ1) is 20.3. The number of aryl methyl sites for hydroxylation is 1. The highest BCUT2D eigenvalue weighted by molar-refractivity contribution is 7.17. The lowest BCUT2D eigenvalue weighted by Crippen LogP contribution is -2.45. The van der Waals surface area contributed by atoms with Crippen LogP contribution in [-0.4, -0.2) is 42.1 Å². The monoisotopic (exact) mass is 440 g/mol.